The minimum Gasteiger partial charge on any atom is -0.497 e. The Kier molecular flexibility index (Phi) is 6.99. The summed E-state index contributed by atoms with van der Waals surface area (Å²) in [7, 11) is 1.67. The summed E-state index contributed by atoms with van der Waals surface area (Å²) in [4.78, 5) is 22.2. The van der Waals surface area contributed by atoms with E-state index in [1.54, 1.807) is 25.1 Å². The molecule has 3 heterocycles. The molecule has 1 fully saturated rings. The molecule has 2 aromatic heterocycles. The fraction of sp³-hybridized carbons (Fsp3) is 0.375. The molecule has 1 aliphatic rings. The van der Waals surface area contributed by atoms with Crippen molar-refractivity contribution in [2.45, 2.75) is 31.0 Å². The van der Waals surface area contributed by atoms with E-state index in [9.17, 15) is 4.79 Å². The third-order valence-electron chi connectivity index (χ3n) is 5.76. The van der Waals surface area contributed by atoms with Crippen molar-refractivity contribution in [2.75, 3.05) is 38.2 Å². The van der Waals surface area contributed by atoms with Gasteiger partial charge in [0.1, 0.15) is 16.5 Å². The molecule has 1 aliphatic heterocycles. The SMILES string of the molecule is COc1ccc(N2CCCN(C(=O)c3cccnc3SCc3c(C)noc3C)CC2)cc1. The second-order valence-corrected chi connectivity index (χ2v) is 8.74. The van der Waals surface area contributed by atoms with E-state index in [2.05, 4.69) is 27.2 Å². The van der Waals surface area contributed by atoms with E-state index in [1.807, 2.05) is 43.0 Å². The van der Waals surface area contributed by atoms with Crippen LogP contribution in [0.15, 0.2) is 52.1 Å². The highest BCUT2D eigenvalue weighted by Gasteiger charge is 2.23. The minimum absolute atomic E-state index is 0.0379. The molecule has 168 valence electrons. The monoisotopic (exact) mass is 452 g/mol. The third kappa shape index (κ3) is 4.91. The Labute approximate surface area is 192 Å². The number of hydrogen-bond acceptors (Lipinski definition) is 7. The zero-order chi connectivity index (χ0) is 22.5. The lowest BCUT2D eigenvalue weighted by atomic mass is 10.2. The summed E-state index contributed by atoms with van der Waals surface area (Å²) in [6.07, 6.45) is 2.65. The molecular weight excluding hydrogens is 424 g/mol. The molecule has 0 aliphatic carbocycles. The number of carbonyl (C=O) groups is 1. The summed E-state index contributed by atoms with van der Waals surface area (Å²) in [6.45, 7) is 6.95. The molecule has 0 atom stereocenters. The molecule has 0 bridgehead atoms. The van der Waals surface area contributed by atoms with E-state index < -0.39 is 0 Å². The van der Waals surface area contributed by atoms with Crippen LogP contribution in [0.2, 0.25) is 0 Å². The van der Waals surface area contributed by atoms with Crippen molar-refractivity contribution in [2.24, 2.45) is 0 Å². The smallest absolute Gasteiger partial charge is 0.256 e. The van der Waals surface area contributed by atoms with Gasteiger partial charge in [-0.3, -0.25) is 4.79 Å². The predicted octanol–water partition coefficient (Wildman–Crippen LogP) is 4.34. The lowest BCUT2D eigenvalue weighted by Crippen LogP contribution is -2.35. The van der Waals surface area contributed by atoms with E-state index >= 15 is 0 Å². The molecule has 0 radical (unpaired) electrons. The lowest BCUT2D eigenvalue weighted by molar-refractivity contribution is 0.0762. The third-order valence-corrected chi connectivity index (χ3v) is 6.79. The number of hydrogen-bond donors (Lipinski definition) is 0. The highest BCUT2D eigenvalue weighted by Crippen LogP contribution is 2.28. The summed E-state index contributed by atoms with van der Waals surface area (Å²) in [5.74, 6) is 2.36. The van der Waals surface area contributed by atoms with Gasteiger partial charge in [0.05, 0.1) is 18.4 Å². The Morgan fingerprint density at radius 2 is 1.94 bits per heavy atom. The lowest BCUT2D eigenvalue weighted by Gasteiger charge is -2.24. The molecule has 0 saturated carbocycles. The maximum Gasteiger partial charge on any atom is 0.256 e. The van der Waals surface area contributed by atoms with Gasteiger partial charge >= 0.3 is 0 Å². The van der Waals surface area contributed by atoms with Gasteiger partial charge in [0.2, 0.25) is 0 Å². The number of carbonyl (C=O) groups excluding carboxylic acids is 1. The van der Waals surface area contributed by atoms with E-state index in [0.29, 0.717) is 17.9 Å². The van der Waals surface area contributed by atoms with Gasteiger partial charge in [-0.05, 0) is 56.7 Å². The summed E-state index contributed by atoms with van der Waals surface area (Å²) >= 11 is 1.55. The Hall–Kier alpha value is -3.00. The average molecular weight is 453 g/mol. The number of aryl methyl sites for hydroxylation is 2. The topological polar surface area (TPSA) is 71.7 Å². The van der Waals surface area contributed by atoms with Crippen molar-refractivity contribution in [3.05, 3.63) is 65.2 Å². The number of anilines is 1. The number of pyridine rings is 1. The summed E-state index contributed by atoms with van der Waals surface area (Å²) in [5, 5.41) is 4.76. The second kappa shape index (κ2) is 10.1. The molecule has 0 N–H and O–H groups in total. The predicted molar refractivity (Wildman–Crippen MR) is 126 cm³/mol. The maximum atomic E-state index is 13.4. The van der Waals surface area contributed by atoms with Crippen LogP contribution in [0.4, 0.5) is 5.69 Å². The zero-order valence-electron chi connectivity index (χ0n) is 18.7. The quantitative estimate of drug-likeness (QED) is 0.515. The average Bonchev–Trinajstić information content (AvgIpc) is 3.01. The van der Waals surface area contributed by atoms with Crippen LogP contribution < -0.4 is 9.64 Å². The molecule has 7 nitrogen and oxygen atoms in total. The molecule has 1 aromatic carbocycles. The van der Waals surface area contributed by atoms with Crippen LogP contribution in [0.25, 0.3) is 0 Å². The Balaban J connectivity index is 1.44. The number of benzene rings is 1. The van der Waals surface area contributed by atoms with Crippen LogP contribution in [-0.4, -0.2) is 54.2 Å². The van der Waals surface area contributed by atoms with Gasteiger partial charge in [0, 0.05) is 49.4 Å². The number of methoxy groups -OCH3 is 1. The van der Waals surface area contributed by atoms with Gasteiger partial charge in [0.15, 0.2) is 0 Å². The van der Waals surface area contributed by atoms with E-state index in [1.165, 1.54) is 0 Å². The molecule has 8 heteroatoms. The van der Waals surface area contributed by atoms with Crippen LogP contribution in [-0.2, 0) is 5.75 Å². The Bertz CT molecular complexity index is 1050. The van der Waals surface area contributed by atoms with Crippen LogP contribution in [0.5, 0.6) is 5.75 Å². The van der Waals surface area contributed by atoms with Gasteiger partial charge in [-0.2, -0.15) is 0 Å². The fourth-order valence-electron chi connectivity index (χ4n) is 3.86. The van der Waals surface area contributed by atoms with Crippen LogP contribution >= 0.6 is 11.8 Å². The van der Waals surface area contributed by atoms with Crippen molar-refractivity contribution in [3.8, 4) is 5.75 Å². The number of thioether (sulfide) groups is 1. The first-order valence-electron chi connectivity index (χ1n) is 10.7. The second-order valence-electron chi connectivity index (χ2n) is 7.78. The summed E-state index contributed by atoms with van der Waals surface area (Å²) in [5.41, 5.74) is 3.74. The normalized spacial score (nSPS) is 14.3. The molecule has 0 spiro atoms. The van der Waals surface area contributed by atoms with Crippen LogP contribution in [0.1, 0.15) is 33.8 Å². The van der Waals surface area contributed by atoms with Crippen molar-refractivity contribution in [3.63, 3.8) is 0 Å². The highest BCUT2D eigenvalue weighted by atomic mass is 32.2. The fourth-order valence-corrected chi connectivity index (χ4v) is 5.00. The van der Waals surface area contributed by atoms with E-state index in [0.717, 1.165) is 59.5 Å². The summed E-state index contributed by atoms with van der Waals surface area (Å²) < 4.78 is 10.5. The summed E-state index contributed by atoms with van der Waals surface area (Å²) in [6, 6.07) is 11.8. The van der Waals surface area contributed by atoms with Crippen LogP contribution in [0, 0.1) is 13.8 Å². The first kappa shape index (κ1) is 22.2. The molecular formula is C24H28N4O3S. The number of rotatable bonds is 6. The number of nitrogens with zero attached hydrogens (tertiary/aromatic N) is 4. The van der Waals surface area contributed by atoms with E-state index in [-0.39, 0.29) is 5.91 Å². The van der Waals surface area contributed by atoms with E-state index in [4.69, 9.17) is 9.26 Å². The molecule has 1 amide bonds. The number of ether oxygens (including phenoxy) is 1. The molecule has 4 rings (SSSR count). The standard InChI is InChI=1S/C24H28N4O3S/c1-17-22(18(2)31-26-17)16-32-23-21(6-4-11-25-23)24(29)28-13-5-12-27(14-15-28)19-7-9-20(30-3)10-8-19/h4,6-11H,5,12-16H2,1-3H3. The van der Waals surface area contributed by atoms with Crippen molar-refractivity contribution in [1.82, 2.24) is 15.0 Å². The van der Waals surface area contributed by atoms with Gasteiger partial charge < -0.3 is 19.1 Å². The zero-order valence-corrected chi connectivity index (χ0v) is 19.5. The first-order chi connectivity index (χ1) is 15.6. The highest BCUT2D eigenvalue weighted by molar-refractivity contribution is 7.98. The van der Waals surface area contributed by atoms with Crippen molar-refractivity contribution in [1.29, 1.82) is 0 Å². The maximum absolute atomic E-state index is 13.4. The van der Waals surface area contributed by atoms with Crippen molar-refractivity contribution < 1.29 is 14.1 Å². The molecule has 0 unspecified atom stereocenters. The van der Waals surface area contributed by atoms with Gasteiger partial charge in [0.25, 0.3) is 5.91 Å². The number of amides is 1. The minimum atomic E-state index is 0.0379. The molecule has 3 aromatic rings. The van der Waals surface area contributed by atoms with Gasteiger partial charge in [-0.1, -0.05) is 5.16 Å². The van der Waals surface area contributed by atoms with Gasteiger partial charge in [-0.25, -0.2) is 4.98 Å². The molecule has 32 heavy (non-hydrogen) atoms. The first-order valence-corrected chi connectivity index (χ1v) is 11.7. The van der Waals surface area contributed by atoms with Gasteiger partial charge in [-0.15, -0.1) is 11.8 Å². The molecule has 1 saturated heterocycles. The van der Waals surface area contributed by atoms with Crippen LogP contribution in [0.3, 0.4) is 0 Å². The van der Waals surface area contributed by atoms with Crippen molar-refractivity contribution >= 4 is 23.4 Å². The largest absolute Gasteiger partial charge is 0.497 e. The Morgan fingerprint density at radius 3 is 2.66 bits per heavy atom. The Morgan fingerprint density at radius 1 is 1.12 bits per heavy atom. The number of aromatic nitrogens is 2.